The molecular formula is C13H12O2S. The van der Waals surface area contributed by atoms with Crippen molar-refractivity contribution in [2.75, 3.05) is 0 Å². The highest BCUT2D eigenvalue weighted by atomic mass is 32.1. The highest BCUT2D eigenvalue weighted by molar-refractivity contribution is 7.08. The molecule has 82 valence electrons. The van der Waals surface area contributed by atoms with E-state index in [9.17, 15) is 0 Å². The van der Waals surface area contributed by atoms with E-state index < -0.39 is 0 Å². The largest absolute Gasteiger partial charge is 0.315 e. The predicted molar refractivity (Wildman–Crippen MR) is 63.2 cm³/mol. The first-order valence-electron chi connectivity index (χ1n) is 5.23. The summed E-state index contributed by atoms with van der Waals surface area (Å²) >= 11 is 1.68. The fourth-order valence-corrected chi connectivity index (χ4v) is 2.61. The lowest BCUT2D eigenvalue weighted by molar-refractivity contribution is -0.397. The minimum atomic E-state index is -0.203. The average molecular weight is 232 g/mol. The van der Waals surface area contributed by atoms with E-state index in [0.29, 0.717) is 0 Å². The molecule has 3 rings (SSSR count). The van der Waals surface area contributed by atoms with Crippen LogP contribution in [0, 0.1) is 6.92 Å². The maximum atomic E-state index is 5.73. The molecule has 0 saturated carbocycles. The van der Waals surface area contributed by atoms with Gasteiger partial charge in [0, 0.05) is 11.1 Å². The van der Waals surface area contributed by atoms with Crippen LogP contribution >= 0.6 is 11.3 Å². The van der Waals surface area contributed by atoms with Gasteiger partial charge >= 0.3 is 0 Å². The molecule has 1 aromatic carbocycles. The Kier molecular flexibility index (Phi) is 2.52. The van der Waals surface area contributed by atoms with Gasteiger partial charge in [-0.15, -0.1) is 0 Å². The second kappa shape index (κ2) is 4.01. The van der Waals surface area contributed by atoms with Crippen molar-refractivity contribution in [3.8, 4) is 0 Å². The molecule has 0 unspecified atom stereocenters. The second-order valence-corrected chi connectivity index (χ2v) is 4.60. The van der Waals surface area contributed by atoms with Crippen LogP contribution in [0.2, 0.25) is 0 Å². The van der Waals surface area contributed by atoms with Gasteiger partial charge in [-0.05, 0) is 23.2 Å². The molecule has 2 nitrogen and oxygen atoms in total. The molecule has 0 spiro atoms. The van der Waals surface area contributed by atoms with Crippen LogP contribution in [0.25, 0.3) is 0 Å². The Morgan fingerprint density at radius 2 is 1.75 bits per heavy atom. The fourth-order valence-electron chi connectivity index (χ4n) is 1.76. The molecule has 1 aliphatic heterocycles. The van der Waals surface area contributed by atoms with Crippen LogP contribution in [0.3, 0.4) is 0 Å². The van der Waals surface area contributed by atoms with Crippen molar-refractivity contribution in [1.29, 1.82) is 0 Å². The summed E-state index contributed by atoms with van der Waals surface area (Å²) in [6.45, 7) is 2.08. The van der Waals surface area contributed by atoms with E-state index in [0.717, 1.165) is 11.1 Å². The average Bonchev–Trinajstić information content (AvgIpc) is 2.65. The Labute approximate surface area is 98.4 Å². The summed E-state index contributed by atoms with van der Waals surface area (Å²) < 4.78 is 11.5. The lowest BCUT2D eigenvalue weighted by Crippen LogP contribution is -2.27. The van der Waals surface area contributed by atoms with Crippen molar-refractivity contribution >= 4 is 11.3 Å². The lowest BCUT2D eigenvalue weighted by Gasteiger charge is -2.36. The molecular weight excluding hydrogens is 220 g/mol. The topological polar surface area (TPSA) is 18.5 Å². The molecule has 0 bridgehead atoms. The molecule has 1 saturated heterocycles. The first-order valence-corrected chi connectivity index (χ1v) is 6.17. The maximum Gasteiger partial charge on any atom is 0.191 e. The van der Waals surface area contributed by atoms with E-state index >= 15 is 0 Å². The van der Waals surface area contributed by atoms with Crippen LogP contribution < -0.4 is 0 Å². The Bertz CT molecular complexity index is 472. The minimum absolute atomic E-state index is 0.184. The molecule has 16 heavy (non-hydrogen) atoms. The summed E-state index contributed by atoms with van der Waals surface area (Å²) in [6.07, 6.45) is -0.387. The van der Waals surface area contributed by atoms with Crippen molar-refractivity contribution in [3.63, 3.8) is 0 Å². The van der Waals surface area contributed by atoms with E-state index in [1.54, 1.807) is 11.3 Å². The molecule has 0 radical (unpaired) electrons. The van der Waals surface area contributed by atoms with E-state index in [2.05, 4.69) is 17.7 Å². The van der Waals surface area contributed by atoms with Gasteiger partial charge in [-0.25, -0.2) is 0 Å². The summed E-state index contributed by atoms with van der Waals surface area (Å²) in [5, 5.41) is 4.19. The third-order valence-electron chi connectivity index (χ3n) is 2.72. The molecule has 1 aliphatic rings. The normalized spacial score (nSPS) is 24.1. The van der Waals surface area contributed by atoms with Gasteiger partial charge in [0.2, 0.25) is 0 Å². The molecule has 1 aromatic heterocycles. The smallest absolute Gasteiger partial charge is 0.191 e. The van der Waals surface area contributed by atoms with E-state index in [4.69, 9.17) is 9.47 Å². The quantitative estimate of drug-likeness (QED) is 0.784. The first kappa shape index (κ1) is 10.0. The molecule has 0 amide bonds. The van der Waals surface area contributed by atoms with Crippen molar-refractivity contribution in [2.45, 2.75) is 19.5 Å². The Morgan fingerprint density at radius 3 is 2.38 bits per heavy atom. The molecule has 1 fully saturated rings. The van der Waals surface area contributed by atoms with Gasteiger partial charge in [0.1, 0.15) is 0 Å². The van der Waals surface area contributed by atoms with Crippen LogP contribution in [0.5, 0.6) is 0 Å². The zero-order valence-corrected chi connectivity index (χ0v) is 9.74. The zero-order chi connectivity index (χ0) is 11.0. The minimum Gasteiger partial charge on any atom is -0.315 e. The standard InChI is InChI=1S/C13H12O2S/c1-9-7-16-8-11(9)13-14-12(15-13)10-5-3-2-4-6-10/h2-8,12-13H,1H3. The van der Waals surface area contributed by atoms with Crippen LogP contribution in [-0.2, 0) is 9.47 Å². The van der Waals surface area contributed by atoms with Crippen molar-refractivity contribution < 1.29 is 9.47 Å². The molecule has 3 heteroatoms. The first-order chi connectivity index (χ1) is 7.84. The van der Waals surface area contributed by atoms with Crippen LogP contribution in [-0.4, -0.2) is 0 Å². The Morgan fingerprint density at radius 1 is 1.00 bits per heavy atom. The zero-order valence-electron chi connectivity index (χ0n) is 8.92. The van der Waals surface area contributed by atoms with Gasteiger partial charge in [0.25, 0.3) is 0 Å². The fraction of sp³-hybridized carbons (Fsp3) is 0.231. The van der Waals surface area contributed by atoms with E-state index in [1.165, 1.54) is 5.56 Å². The second-order valence-electron chi connectivity index (χ2n) is 3.86. The summed E-state index contributed by atoms with van der Waals surface area (Å²) in [6, 6.07) is 10.0. The molecule has 0 N–H and O–H groups in total. The van der Waals surface area contributed by atoms with Crippen LogP contribution in [0.15, 0.2) is 41.1 Å². The summed E-state index contributed by atoms with van der Waals surface area (Å²) in [5.74, 6) is 0. The van der Waals surface area contributed by atoms with Gasteiger partial charge in [-0.1, -0.05) is 30.3 Å². The highest BCUT2D eigenvalue weighted by Crippen LogP contribution is 2.42. The third-order valence-corrected chi connectivity index (χ3v) is 3.59. The van der Waals surface area contributed by atoms with Crippen molar-refractivity contribution in [1.82, 2.24) is 0 Å². The number of thiophene rings is 1. The summed E-state index contributed by atoms with van der Waals surface area (Å²) in [7, 11) is 0. The number of aryl methyl sites for hydroxylation is 1. The molecule has 2 aromatic rings. The number of hydrogen-bond acceptors (Lipinski definition) is 3. The van der Waals surface area contributed by atoms with Gasteiger partial charge < -0.3 is 9.47 Å². The SMILES string of the molecule is Cc1cscc1C1OC(c2ccccc2)O1. The van der Waals surface area contributed by atoms with E-state index in [-0.39, 0.29) is 12.6 Å². The van der Waals surface area contributed by atoms with Crippen molar-refractivity contribution in [3.05, 3.63) is 57.8 Å². The lowest BCUT2D eigenvalue weighted by atomic mass is 10.1. The maximum absolute atomic E-state index is 5.73. The number of ether oxygens (including phenoxy) is 2. The number of rotatable bonds is 2. The molecule has 0 atom stereocenters. The Balaban J connectivity index is 1.70. The van der Waals surface area contributed by atoms with Crippen LogP contribution in [0.4, 0.5) is 0 Å². The monoisotopic (exact) mass is 232 g/mol. The summed E-state index contributed by atoms with van der Waals surface area (Å²) in [4.78, 5) is 0. The van der Waals surface area contributed by atoms with Gasteiger partial charge in [0.05, 0.1) is 0 Å². The van der Waals surface area contributed by atoms with Crippen LogP contribution in [0.1, 0.15) is 29.3 Å². The highest BCUT2D eigenvalue weighted by Gasteiger charge is 2.34. The molecule has 0 aliphatic carbocycles. The van der Waals surface area contributed by atoms with Gasteiger partial charge in [-0.3, -0.25) is 0 Å². The van der Waals surface area contributed by atoms with Gasteiger partial charge in [0.15, 0.2) is 12.6 Å². The van der Waals surface area contributed by atoms with Crippen molar-refractivity contribution in [2.24, 2.45) is 0 Å². The van der Waals surface area contributed by atoms with Gasteiger partial charge in [-0.2, -0.15) is 11.3 Å². The Hall–Kier alpha value is -1.16. The molecule has 2 heterocycles. The number of benzene rings is 1. The predicted octanol–water partition coefficient (Wildman–Crippen LogP) is 3.80. The summed E-state index contributed by atoms with van der Waals surface area (Å²) in [5.41, 5.74) is 3.46. The number of hydrogen-bond donors (Lipinski definition) is 0. The van der Waals surface area contributed by atoms with E-state index in [1.807, 2.05) is 30.3 Å². The third kappa shape index (κ3) is 1.67.